The van der Waals surface area contributed by atoms with E-state index in [1.54, 1.807) is 0 Å². The Morgan fingerprint density at radius 1 is 1.43 bits per heavy atom. The maximum atomic E-state index is 11.7. The number of rotatable bonds is 7. The van der Waals surface area contributed by atoms with E-state index in [0.29, 0.717) is 5.92 Å². The van der Waals surface area contributed by atoms with Crippen molar-refractivity contribution >= 4 is 5.91 Å². The summed E-state index contributed by atoms with van der Waals surface area (Å²) in [6.07, 6.45) is 2.98. The number of nitrogens with zero attached hydrogens (tertiary/aromatic N) is 1. The molecular weight excluding hydrogens is 290 g/mol. The first-order valence-corrected chi connectivity index (χ1v) is 8.53. The van der Waals surface area contributed by atoms with Crippen molar-refractivity contribution in [1.29, 1.82) is 0 Å². The number of hydrogen-bond donors (Lipinski definition) is 2. The average molecular weight is 319 g/mol. The van der Waals surface area contributed by atoms with E-state index in [1.165, 1.54) is 5.56 Å². The van der Waals surface area contributed by atoms with Crippen LogP contribution < -0.4 is 16.0 Å². The summed E-state index contributed by atoms with van der Waals surface area (Å²) in [5.41, 5.74) is 3.46. The number of nitrogens with one attached hydrogen (secondary N) is 1. The molecule has 2 rings (SSSR count). The van der Waals surface area contributed by atoms with E-state index in [1.807, 2.05) is 18.2 Å². The lowest BCUT2D eigenvalue weighted by Gasteiger charge is -2.32. The Hall–Kier alpha value is -1.59. The molecule has 1 aromatic rings. The molecule has 5 heteroatoms. The average Bonchev–Trinajstić information content (AvgIpc) is 2.55. The standard InChI is InChI=1S/C18H29N3O2/c1-14(2)9-11-23-17-8-4-3-6-15(17)12-21-10-5-7-16(13-21)18(22)20-19/h3-4,6,8,14,16H,5,7,9-13,19H2,1-2H3,(H,20,22). The van der Waals surface area contributed by atoms with Gasteiger partial charge in [-0.2, -0.15) is 0 Å². The number of carbonyl (C=O) groups is 1. The van der Waals surface area contributed by atoms with Crippen molar-refractivity contribution in [3.63, 3.8) is 0 Å². The molecule has 0 saturated carbocycles. The van der Waals surface area contributed by atoms with Gasteiger partial charge in [0.05, 0.1) is 12.5 Å². The Kier molecular flexibility index (Phi) is 6.86. The van der Waals surface area contributed by atoms with E-state index in [9.17, 15) is 4.79 Å². The van der Waals surface area contributed by atoms with E-state index in [2.05, 4.69) is 30.2 Å². The Balaban J connectivity index is 1.95. The molecule has 3 N–H and O–H groups in total. The van der Waals surface area contributed by atoms with Gasteiger partial charge in [-0.3, -0.25) is 15.1 Å². The lowest BCUT2D eigenvalue weighted by molar-refractivity contribution is -0.126. The minimum Gasteiger partial charge on any atom is -0.493 e. The molecule has 0 spiro atoms. The first-order valence-electron chi connectivity index (χ1n) is 8.53. The van der Waals surface area contributed by atoms with Gasteiger partial charge in [-0.25, -0.2) is 5.84 Å². The lowest BCUT2D eigenvalue weighted by atomic mass is 9.97. The second-order valence-electron chi connectivity index (χ2n) is 6.72. The highest BCUT2D eigenvalue weighted by molar-refractivity contribution is 5.78. The predicted octanol–water partition coefficient (Wildman–Crippen LogP) is 2.31. The summed E-state index contributed by atoms with van der Waals surface area (Å²) in [5.74, 6) is 6.79. The summed E-state index contributed by atoms with van der Waals surface area (Å²) >= 11 is 0. The topological polar surface area (TPSA) is 67.6 Å². The zero-order chi connectivity index (χ0) is 16.7. The monoisotopic (exact) mass is 319 g/mol. The van der Waals surface area contributed by atoms with Crippen LogP contribution >= 0.6 is 0 Å². The number of para-hydroxylation sites is 1. The zero-order valence-electron chi connectivity index (χ0n) is 14.3. The van der Waals surface area contributed by atoms with Gasteiger partial charge < -0.3 is 4.74 Å². The Morgan fingerprint density at radius 3 is 2.96 bits per heavy atom. The van der Waals surface area contributed by atoms with Gasteiger partial charge in [-0.15, -0.1) is 0 Å². The number of ether oxygens (including phenoxy) is 1. The van der Waals surface area contributed by atoms with Crippen LogP contribution in [0.15, 0.2) is 24.3 Å². The van der Waals surface area contributed by atoms with Crippen molar-refractivity contribution < 1.29 is 9.53 Å². The minimum atomic E-state index is -0.0591. The van der Waals surface area contributed by atoms with Gasteiger partial charge in [0.25, 0.3) is 0 Å². The summed E-state index contributed by atoms with van der Waals surface area (Å²) < 4.78 is 5.96. The number of hydrazine groups is 1. The molecule has 5 nitrogen and oxygen atoms in total. The van der Waals surface area contributed by atoms with E-state index in [4.69, 9.17) is 10.6 Å². The third kappa shape index (κ3) is 5.52. The zero-order valence-corrected chi connectivity index (χ0v) is 14.3. The molecule has 23 heavy (non-hydrogen) atoms. The van der Waals surface area contributed by atoms with Crippen LogP contribution in [0.2, 0.25) is 0 Å². The van der Waals surface area contributed by atoms with Crippen molar-refractivity contribution in [3.8, 4) is 5.75 Å². The molecule has 128 valence electrons. The van der Waals surface area contributed by atoms with Crippen LogP contribution in [0.25, 0.3) is 0 Å². The molecule has 1 amide bonds. The van der Waals surface area contributed by atoms with Crippen molar-refractivity contribution in [2.45, 2.75) is 39.7 Å². The van der Waals surface area contributed by atoms with Crippen LogP contribution in [-0.4, -0.2) is 30.5 Å². The summed E-state index contributed by atoms with van der Waals surface area (Å²) in [5, 5.41) is 0. The Morgan fingerprint density at radius 2 is 2.22 bits per heavy atom. The van der Waals surface area contributed by atoms with Crippen LogP contribution in [0, 0.1) is 11.8 Å². The molecule has 1 aromatic carbocycles. The minimum absolute atomic E-state index is 0.0113. The molecule has 1 atom stereocenters. The number of benzene rings is 1. The Labute approximate surface area is 139 Å². The molecule has 1 saturated heterocycles. The quantitative estimate of drug-likeness (QED) is 0.460. The van der Waals surface area contributed by atoms with Crippen molar-refractivity contribution in [1.82, 2.24) is 10.3 Å². The lowest BCUT2D eigenvalue weighted by Crippen LogP contribution is -2.44. The largest absolute Gasteiger partial charge is 0.493 e. The SMILES string of the molecule is CC(C)CCOc1ccccc1CN1CCCC(C(=O)NN)C1. The first-order chi connectivity index (χ1) is 11.1. The highest BCUT2D eigenvalue weighted by Gasteiger charge is 2.25. The normalized spacial score (nSPS) is 18.9. The summed E-state index contributed by atoms with van der Waals surface area (Å²) in [7, 11) is 0. The van der Waals surface area contributed by atoms with Gasteiger partial charge in [0.15, 0.2) is 0 Å². The van der Waals surface area contributed by atoms with Crippen LogP contribution in [0.4, 0.5) is 0 Å². The molecular formula is C18H29N3O2. The maximum Gasteiger partial charge on any atom is 0.238 e. The Bertz CT molecular complexity index is 505. The summed E-state index contributed by atoms with van der Waals surface area (Å²) in [4.78, 5) is 14.1. The fourth-order valence-corrected chi connectivity index (χ4v) is 2.95. The molecule has 0 radical (unpaired) electrons. The van der Waals surface area contributed by atoms with Gasteiger partial charge in [-0.1, -0.05) is 32.0 Å². The second kappa shape index (κ2) is 8.89. The number of hydrogen-bond acceptors (Lipinski definition) is 4. The van der Waals surface area contributed by atoms with Crippen LogP contribution in [-0.2, 0) is 11.3 Å². The number of piperidine rings is 1. The van der Waals surface area contributed by atoms with Crippen molar-refractivity contribution in [2.24, 2.45) is 17.7 Å². The van der Waals surface area contributed by atoms with E-state index < -0.39 is 0 Å². The highest BCUT2D eigenvalue weighted by atomic mass is 16.5. The van der Waals surface area contributed by atoms with Gasteiger partial charge in [0.1, 0.15) is 5.75 Å². The van der Waals surface area contributed by atoms with Gasteiger partial charge >= 0.3 is 0 Å². The number of nitrogens with two attached hydrogens (primary N) is 1. The second-order valence-corrected chi connectivity index (χ2v) is 6.72. The molecule has 1 heterocycles. The van der Waals surface area contributed by atoms with Gasteiger partial charge in [0.2, 0.25) is 5.91 Å². The number of carbonyl (C=O) groups excluding carboxylic acids is 1. The smallest absolute Gasteiger partial charge is 0.238 e. The van der Waals surface area contributed by atoms with E-state index in [-0.39, 0.29) is 11.8 Å². The van der Waals surface area contributed by atoms with Crippen LogP contribution in [0.3, 0.4) is 0 Å². The third-order valence-corrected chi connectivity index (χ3v) is 4.34. The highest BCUT2D eigenvalue weighted by Crippen LogP contribution is 2.24. The molecule has 1 aliphatic heterocycles. The predicted molar refractivity (Wildman–Crippen MR) is 91.7 cm³/mol. The van der Waals surface area contributed by atoms with Crippen LogP contribution in [0.1, 0.15) is 38.7 Å². The van der Waals surface area contributed by atoms with Crippen molar-refractivity contribution in [3.05, 3.63) is 29.8 Å². The molecule has 1 unspecified atom stereocenters. The van der Waals surface area contributed by atoms with E-state index >= 15 is 0 Å². The summed E-state index contributed by atoms with van der Waals surface area (Å²) in [6, 6.07) is 8.19. The van der Waals surface area contributed by atoms with Gasteiger partial charge in [-0.05, 0) is 37.8 Å². The summed E-state index contributed by atoms with van der Waals surface area (Å²) in [6.45, 7) is 7.72. The molecule has 1 fully saturated rings. The first kappa shape index (κ1) is 17.8. The number of amides is 1. The fourth-order valence-electron chi connectivity index (χ4n) is 2.95. The third-order valence-electron chi connectivity index (χ3n) is 4.34. The molecule has 0 bridgehead atoms. The van der Waals surface area contributed by atoms with Gasteiger partial charge in [0, 0.05) is 18.7 Å². The van der Waals surface area contributed by atoms with Crippen molar-refractivity contribution in [2.75, 3.05) is 19.7 Å². The fraction of sp³-hybridized carbons (Fsp3) is 0.611. The molecule has 0 aliphatic carbocycles. The maximum absolute atomic E-state index is 11.7. The molecule has 0 aromatic heterocycles. The number of likely N-dealkylation sites (tertiary alicyclic amines) is 1. The van der Waals surface area contributed by atoms with Crippen LogP contribution in [0.5, 0.6) is 5.75 Å². The molecule has 1 aliphatic rings. The van der Waals surface area contributed by atoms with E-state index in [0.717, 1.165) is 51.3 Å².